The average Bonchev–Trinajstić information content (AvgIpc) is 2.76. The lowest BCUT2D eigenvalue weighted by molar-refractivity contribution is 0.0746. The molecule has 0 aliphatic carbocycles. The van der Waals surface area contributed by atoms with Gasteiger partial charge in [-0.2, -0.15) is 0 Å². The van der Waals surface area contributed by atoms with E-state index in [9.17, 15) is 4.79 Å². The summed E-state index contributed by atoms with van der Waals surface area (Å²) in [6.07, 6.45) is 5.11. The third-order valence-electron chi connectivity index (χ3n) is 4.87. The van der Waals surface area contributed by atoms with Crippen molar-refractivity contribution in [3.63, 3.8) is 0 Å². The van der Waals surface area contributed by atoms with E-state index in [0.29, 0.717) is 37.7 Å². The van der Waals surface area contributed by atoms with Gasteiger partial charge in [-0.3, -0.25) is 9.78 Å². The number of piperazine rings is 1. The molecule has 1 aliphatic rings. The predicted octanol–water partition coefficient (Wildman–Crippen LogP) is 3.46. The zero-order valence-electron chi connectivity index (χ0n) is 15.5. The number of anilines is 1. The van der Waals surface area contributed by atoms with Gasteiger partial charge in [-0.15, -0.1) is 0 Å². The minimum absolute atomic E-state index is 0.0000308. The van der Waals surface area contributed by atoms with Crippen LogP contribution in [0.25, 0.3) is 11.3 Å². The first-order valence-corrected chi connectivity index (χ1v) is 9.53. The minimum Gasteiger partial charge on any atom is -0.337 e. The monoisotopic (exact) mass is 393 g/mol. The summed E-state index contributed by atoms with van der Waals surface area (Å²) in [7, 11) is 0. The number of hydrogen-bond acceptors (Lipinski definition) is 5. The van der Waals surface area contributed by atoms with E-state index >= 15 is 0 Å². The SMILES string of the molecule is Cc1cc(-c2ccc(C(=O)N3CCN(c4ncccn4)CC3)cn2)ccc1Cl. The van der Waals surface area contributed by atoms with Gasteiger partial charge in [0.25, 0.3) is 5.91 Å². The molecular formula is C21H20ClN5O. The first-order valence-electron chi connectivity index (χ1n) is 9.15. The van der Waals surface area contributed by atoms with Crippen LogP contribution in [0.5, 0.6) is 0 Å². The van der Waals surface area contributed by atoms with Crippen LogP contribution in [0.4, 0.5) is 5.95 Å². The van der Waals surface area contributed by atoms with E-state index in [4.69, 9.17) is 11.6 Å². The maximum atomic E-state index is 12.8. The Bertz CT molecular complexity index is 970. The number of halogens is 1. The van der Waals surface area contributed by atoms with Crippen molar-refractivity contribution in [2.24, 2.45) is 0 Å². The van der Waals surface area contributed by atoms with Gasteiger partial charge in [0.1, 0.15) is 0 Å². The van der Waals surface area contributed by atoms with Crippen molar-refractivity contribution in [3.05, 3.63) is 71.1 Å². The second-order valence-electron chi connectivity index (χ2n) is 6.72. The fourth-order valence-electron chi connectivity index (χ4n) is 3.24. The van der Waals surface area contributed by atoms with Crippen LogP contribution in [-0.4, -0.2) is 51.9 Å². The second kappa shape index (κ2) is 7.94. The molecule has 28 heavy (non-hydrogen) atoms. The first-order chi connectivity index (χ1) is 13.6. The van der Waals surface area contributed by atoms with E-state index in [0.717, 1.165) is 21.8 Å². The molecule has 4 rings (SSSR count). The highest BCUT2D eigenvalue weighted by Gasteiger charge is 2.23. The second-order valence-corrected chi connectivity index (χ2v) is 7.13. The molecule has 1 aliphatic heterocycles. The fourth-order valence-corrected chi connectivity index (χ4v) is 3.36. The summed E-state index contributed by atoms with van der Waals surface area (Å²) in [6.45, 7) is 4.66. The van der Waals surface area contributed by atoms with Gasteiger partial charge in [0.15, 0.2) is 0 Å². The van der Waals surface area contributed by atoms with Crippen molar-refractivity contribution in [2.75, 3.05) is 31.1 Å². The smallest absolute Gasteiger partial charge is 0.255 e. The van der Waals surface area contributed by atoms with Gasteiger partial charge in [-0.25, -0.2) is 9.97 Å². The summed E-state index contributed by atoms with van der Waals surface area (Å²) >= 11 is 6.09. The fraction of sp³-hybridized carbons (Fsp3) is 0.238. The van der Waals surface area contributed by atoms with Gasteiger partial charge in [-0.1, -0.05) is 17.7 Å². The molecular weight excluding hydrogens is 374 g/mol. The molecule has 1 saturated heterocycles. The largest absolute Gasteiger partial charge is 0.337 e. The summed E-state index contributed by atoms with van der Waals surface area (Å²) in [5.74, 6) is 0.707. The third-order valence-corrected chi connectivity index (χ3v) is 5.29. The summed E-state index contributed by atoms with van der Waals surface area (Å²) in [5, 5.41) is 0.732. The maximum absolute atomic E-state index is 12.8. The highest BCUT2D eigenvalue weighted by molar-refractivity contribution is 6.31. The van der Waals surface area contributed by atoms with Crippen molar-refractivity contribution in [1.82, 2.24) is 19.9 Å². The third kappa shape index (κ3) is 3.82. The molecule has 3 aromatic rings. The molecule has 0 unspecified atom stereocenters. The van der Waals surface area contributed by atoms with E-state index in [1.54, 1.807) is 24.7 Å². The van der Waals surface area contributed by atoms with Gasteiger partial charge in [0.05, 0.1) is 11.3 Å². The van der Waals surface area contributed by atoms with Gasteiger partial charge >= 0.3 is 0 Å². The van der Waals surface area contributed by atoms with Crippen molar-refractivity contribution in [2.45, 2.75) is 6.92 Å². The highest BCUT2D eigenvalue weighted by atomic mass is 35.5. The zero-order chi connectivity index (χ0) is 19.5. The van der Waals surface area contributed by atoms with E-state index in [1.807, 2.05) is 42.2 Å². The number of aryl methyl sites for hydroxylation is 1. The van der Waals surface area contributed by atoms with Crippen LogP contribution >= 0.6 is 11.6 Å². The molecule has 0 N–H and O–H groups in total. The lowest BCUT2D eigenvalue weighted by Gasteiger charge is -2.34. The van der Waals surface area contributed by atoms with Crippen LogP contribution in [0.15, 0.2) is 55.0 Å². The van der Waals surface area contributed by atoms with Crippen LogP contribution in [0.1, 0.15) is 15.9 Å². The Labute approximate surface area is 168 Å². The number of pyridine rings is 1. The summed E-state index contributed by atoms with van der Waals surface area (Å²) < 4.78 is 0. The lowest BCUT2D eigenvalue weighted by Crippen LogP contribution is -2.49. The standard InChI is InChI=1S/C21H20ClN5O/c1-15-13-16(3-5-18(15)22)19-6-4-17(14-25-19)20(28)26-9-11-27(12-10-26)21-23-7-2-8-24-21/h2-8,13-14H,9-12H2,1H3. The Kier molecular flexibility index (Phi) is 5.21. The minimum atomic E-state index is -0.0000308. The Morgan fingerprint density at radius 1 is 1.00 bits per heavy atom. The summed E-state index contributed by atoms with van der Waals surface area (Å²) in [4.78, 5) is 29.8. The Balaban J connectivity index is 1.42. The molecule has 0 spiro atoms. The van der Waals surface area contributed by atoms with Crippen molar-refractivity contribution in [1.29, 1.82) is 0 Å². The van der Waals surface area contributed by atoms with Crippen LogP contribution in [0, 0.1) is 6.92 Å². The molecule has 0 bridgehead atoms. The van der Waals surface area contributed by atoms with Crippen LogP contribution < -0.4 is 4.90 Å². The number of nitrogens with zero attached hydrogens (tertiary/aromatic N) is 5. The summed E-state index contributed by atoms with van der Waals surface area (Å²) in [6, 6.07) is 11.3. The predicted molar refractivity (Wildman–Crippen MR) is 110 cm³/mol. The highest BCUT2D eigenvalue weighted by Crippen LogP contribution is 2.23. The molecule has 2 aromatic heterocycles. The van der Waals surface area contributed by atoms with Gasteiger partial charge in [0, 0.05) is 55.4 Å². The van der Waals surface area contributed by atoms with Gasteiger partial charge < -0.3 is 9.80 Å². The Hall–Kier alpha value is -2.99. The van der Waals surface area contributed by atoms with Crippen molar-refractivity contribution < 1.29 is 4.79 Å². The molecule has 3 heterocycles. The number of benzene rings is 1. The first kappa shape index (κ1) is 18.4. The van der Waals surface area contributed by atoms with Crippen LogP contribution in [0.2, 0.25) is 5.02 Å². The molecule has 0 radical (unpaired) electrons. The molecule has 6 nitrogen and oxygen atoms in total. The molecule has 7 heteroatoms. The molecule has 1 amide bonds. The van der Waals surface area contributed by atoms with Crippen LogP contribution in [-0.2, 0) is 0 Å². The normalized spacial score (nSPS) is 14.2. The number of aromatic nitrogens is 3. The maximum Gasteiger partial charge on any atom is 0.255 e. The average molecular weight is 394 g/mol. The quantitative estimate of drug-likeness (QED) is 0.681. The zero-order valence-corrected chi connectivity index (χ0v) is 16.3. The number of rotatable bonds is 3. The van der Waals surface area contributed by atoms with Gasteiger partial charge in [-0.05, 0) is 42.8 Å². The number of carbonyl (C=O) groups is 1. The van der Waals surface area contributed by atoms with E-state index in [1.165, 1.54) is 0 Å². The van der Waals surface area contributed by atoms with Gasteiger partial charge in [0.2, 0.25) is 5.95 Å². The van der Waals surface area contributed by atoms with Crippen LogP contribution in [0.3, 0.4) is 0 Å². The number of hydrogen-bond donors (Lipinski definition) is 0. The molecule has 1 aromatic carbocycles. The molecule has 1 fully saturated rings. The van der Waals surface area contributed by atoms with E-state index < -0.39 is 0 Å². The van der Waals surface area contributed by atoms with E-state index in [-0.39, 0.29) is 5.91 Å². The van der Waals surface area contributed by atoms with Crippen molar-refractivity contribution in [3.8, 4) is 11.3 Å². The Morgan fingerprint density at radius 2 is 1.75 bits per heavy atom. The topological polar surface area (TPSA) is 62.2 Å². The number of carbonyl (C=O) groups excluding carboxylic acids is 1. The number of amides is 1. The van der Waals surface area contributed by atoms with E-state index in [2.05, 4.69) is 19.9 Å². The Morgan fingerprint density at radius 3 is 2.39 bits per heavy atom. The lowest BCUT2D eigenvalue weighted by atomic mass is 10.1. The molecule has 0 saturated carbocycles. The molecule has 0 atom stereocenters. The van der Waals surface area contributed by atoms with Crippen molar-refractivity contribution >= 4 is 23.5 Å². The summed E-state index contributed by atoms with van der Waals surface area (Å²) in [5.41, 5.74) is 3.40. The molecule has 142 valence electrons.